The predicted molar refractivity (Wildman–Crippen MR) is 74.8 cm³/mol. The Bertz CT molecular complexity index is 517. The van der Waals surface area contributed by atoms with Gasteiger partial charge in [-0.3, -0.25) is 9.59 Å². The molecule has 0 aromatic heterocycles. The molecule has 3 N–H and O–H groups in total. The fraction of sp³-hybridized carbons (Fsp3) is 0.357. The summed E-state index contributed by atoms with van der Waals surface area (Å²) in [5.74, 6) is -2.23. The first-order valence-corrected chi connectivity index (χ1v) is 6.25. The molecule has 2 amide bonds. The quantitative estimate of drug-likeness (QED) is 0.657. The highest BCUT2D eigenvalue weighted by molar-refractivity contribution is 5.97. The smallest absolute Gasteiger partial charge is 0.331 e. The summed E-state index contributed by atoms with van der Waals surface area (Å²) in [4.78, 5) is 34.6. The molecule has 0 saturated heterocycles. The van der Waals surface area contributed by atoms with E-state index in [1.807, 2.05) is 0 Å². The van der Waals surface area contributed by atoms with E-state index in [9.17, 15) is 14.4 Å². The van der Waals surface area contributed by atoms with Crippen LogP contribution in [0.25, 0.3) is 0 Å². The number of amides is 2. The summed E-state index contributed by atoms with van der Waals surface area (Å²) in [6.45, 7) is 0.830. The maximum atomic E-state index is 11.7. The van der Waals surface area contributed by atoms with Crippen LogP contribution >= 0.6 is 0 Å². The Labute approximate surface area is 122 Å². The number of benzene rings is 1. The summed E-state index contributed by atoms with van der Waals surface area (Å²) >= 11 is 0. The molecule has 0 spiro atoms. The van der Waals surface area contributed by atoms with Gasteiger partial charge in [-0.05, 0) is 19.1 Å². The number of aliphatic carboxylic acids is 1. The first-order valence-electron chi connectivity index (χ1n) is 6.25. The lowest BCUT2D eigenvalue weighted by Crippen LogP contribution is -2.57. The van der Waals surface area contributed by atoms with Gasteiger partial charge in [-0.15, -0.1) is 0 Å². The van der Waals surface area contributed by atoms with Crippen LogP contribution < -0.4 is 10.6 Å². The number of nitrogens with one attached hydrogen (secondary N) is 2. The van der Waals surface area contributed by atoms with E-state index in [0.29, 0.717) is 5.56 Å². The van der Waals surface area contributed by atoms with Gasteiger partial charge in [-0.2, -0.15) is 0 Å². The summed E-state index contributed by atoms with van der Waals surface area (Å²) in [5, 5.41) is 13.8. The minimum absolute atomic E-state index is 0.180. The molecule has 0 aliphatic rings. The topological polar surface area (TPSA) is 105 Å². The van der Waals surface area contributed by atoms with Gasteiger partial charge in [-0.25, -0.2) is 4.79 Å². The minimum atomic E-state index is -1.54. The van der Waals surface area contributed by atoms with Crippen LogP contribution in [0.2, 0.25) is 0 Å². The molecular weight excluding hydrogens is 276 g/mol. The zero-order chi connectivity index (χ0) is 15.9. The second-order valence-electron chi connectivity index (χ2n) is 4.67. The molecule has 114 valence electrons. The van der Waals surface area contributed by atoms with Crippen molar-refractivity contribution in [2.75, 3.05) is 20.3 Å². The molecule has 0 fully saturated rings. The second kappa shape index (κ2) is 7.39. The van der Waals surface area contributed by atoms with Gasteiger partial charge in [0.25, 0.3) is 5.91 Å². The van der Waals surface area contributed by atoms with Crippen LogP contribution in [-0.2, 0) is 14.3 Å². The van der Waals surface area contributed by atoms with Gasteiger partial charge in [-0.1, -0.05) is 18.2 Å². The summed E-state index contributed by atoms with van der Waals surface area (Å²) in [7, 11) is 1.34. The average Bonchev–Trinajstić information content (AvgIpc) is 2.45. The Morgan fingerprint density at radius 3 is 2.38 bits per heavy atom. The van der Waals surface area contributed by atoms with Crippen molar-refractivity contribution in [2.45, 2.75) is 12.5 Å². The Morgan fingerprint density at radius 2 is 1.86 bits per heavy atom. The normalized spacial score (nSPS) is 13.0. The highest BCUT2D eigenvalue weighted by Gasteiger charge is 2.34. The SMILES string of the molecule is COCC(C)(NC(=O)CNC(=O)c1ccccc1)C(=O)O. The van der Waals surface area contributed by atoms with E-state index in [2.05, 4.69) is 10.6 Å². The fourth-order valence-electron chi connectivity index (χ4n) is 1.64. The van der Waals surface area contributed by atoms with Gasteiger partial charge in [0, 0.05) is 12.7 Å². The summed E-state index contributed by atoms with van der Waals surface area (Å²) in [6.07, 6.45) is 0. The molecule has 7 heteroatoms. The maximum absolute atomic E-state index is 11.7. The first-order chi connectivity index (χ1) is 9.89. The molecule has 0 radical (unpaired) electrons. The zero-order valence-electron chi connectivity index (χ0n) is 11.9. The summed E-state index contributed by atoms with van der Waals surface area (Å²) < 4.78 is 4.78. The average molecular weight is 294 g/mol. The molecule has 0 aliphatic carbocycles. The van der Waals surface area contributed by atoms with Crippen LogP contribution in [0, 0.1) is 0 Å². The van der Waals surface area contributed by atoms with E-state index in [4.69, 9.17) is 9.84 Å². The Balaban J connectivity index is 2.54. The molecule has 0 aliphatic heterocycles. The molecule has 1 atom stereocenters. The zero-order valence-corrected chi connectivity index (χ0v) is 11.9. The van der Waals surface area contributed by atoms with E-state index in [1.165, 1.54) is 14.0 Å². The van der Waals surface area contributed by atoms with Crippen LogP contribution in [0.15, 0.2) is 30.3 Å². The number of ether oxygens (including phenoxy) is 1. The van der Waals surface area contributed by atoms with Gasteiger partial charge >= 0.3 is 5.97 Å². The van der Waals surface area contributed by atoms with Crippen molar-refractivity contribution in [3.8, 4) is 0 Å². The fourth-order valence-corrected chi connectivity index (χ4v) is 1.64. The highest BCUT2D eigenvalue weighted by Crippen LogP contribution is 2.04. The molecular formula is C14H18N2O5. The monoisotopic (exact) mass is 294 g/mol. The van der Waals surface area contributed by atoms with E-state index in [1.54, 1.807) is 30.3 Å². The summed E-state index contributed by atoms with van der Waals surface area (Å²) in [5.41, 5.74) is -1.12. The molecule has 0 bridgehead atoms. The van der Waals surface area contributed by atoms with Crippen molar-refractivity contribution in [1.29, 1.82) is 0 Å². The lowest BCUT2D eigenvalue weighted by Gasteiger charge is -2.25. The number of hydrogen-bond donors (Lipinski definition) is 3. The molecule has 7 nitrogen and oxygen atoms in total. The number of carboxylic acid groups (broad SMARTS) is 1. The van der Waals surface area contributed by atoms with E-state index in [0.717, 1.165) is 0 Å². The van der Waals surface area contributed by atoms with Crippen LogP contribution in [0.3, 0.4) is 0 Å². The number of carboxylic acids is 1. The second-order valence-corrected chi connectivity index (χ2v) is 4.67. The largest absolute Gasteiger partial charge is 0.479 e. The molecule has 21 heavy (non-hydrogen) atoms. The minimum Gasteiger partial charge on any atom is -0.479 e. The molecule has 1 aromatic carbocycles. The van der Waals surface area contributed by atoms with Crippen LogP contribution in [0.5, 0.6) is 0 Å². The van der Waals surface area contributed by atoms with Crippen LogP contribution in [-0.4, -0.2) is 48.7 Å². The third-order valence-electron chi connectivity index (χ3n) is 2.77. The van der Waals surface area contributed by atoms with E-state index >= 15 is 0 Å². The predicted octanol–water partition coefficient (Wildman–Crippen LogP) is 0.0223. The lowest BCUT2D eigenvalue weighted by molar-refractivity contribution is -0.149. The van der Waals surface area contributed by atoms with Crippen LogP contribution in [0.1, 0.15) is 17.3 Å². The number of methoxy groups -OCH3 is 1. The summed E-state index contributed by atoms with van der Waals surface area (Å²) in [6, 6.07) is 8.40. The molecule has 0 saturated carbocycles. The number of carbonyl (C=O) groups is 3. The van der Waals surface area contributed by atoms with Crippen molar-refractivity contribution >= 4 is 17.8 Å². The molecule has 1 rings (SSSR count). The van der Waals surface area contributed by atoms with Gasteiger partial charge in [0.1, 0.15) is 0 Å². The maximum Gasteiger partial charge on any atom is 0.331 e. The van der Waals surface area contributed by atoms with Gasteiger partial charge in [0.05, 0.1) is 13.2 Å². The molecule has 1 aromatic rings. The Hall–Kier alpha value is -2.41. The van der Waals surface area contributed by atoms with Gasteiger partial charge < -0.3 is 20.5 Å². The Kier molecular flexibility index (Phi) is 5.86. The highest BCUT2D eigenvalue weighted by atomic mass is 16.5. The number of rotatable bonds is 7. The van der Waals surface area contributed by atoms with Gasteiger partial charge in [0.15, 0.2) is 5.54 Å². The van der Waals surface area contributed by atoms with Crippen molar-refractivity contribution < 1.29 is 24.2 Å². The first kappa shape index (κ1) is 16.6. The molecule has 1 unspecified atom stereocenters. The third-order valence-corrected chi connectivity index (χ3v) is 2.77. The van der Waals surface area contributed by atoms with Crippen LogP contribution in [0.4, 0.5) is 0 Å². The van der Waals surface area contributed by atoms with Crippen molar-refractivity contribution in [1.82, 2.24) is 10.6 Å². The van der Waals surface area contributed by atoms with Crippen molar-refractivity contribution in [3.05, 3.63) is 35.9 Å². The van der Waals surface area contributed by atoms with Crippen molar-refractivity contribution in [3.63, 3.8) is 0 Å². The van der Waals surface area contributed by atoms with Gasteiger partial charge in [0.2, 0.25) is 5.91 Å². The number of carbonyl (C=O) groups excluding carboxylic acids is 2. The third kappa shape index (κ3) is 4.88. The molecule has 0 heterocycles. The van der Waals surface area contributed by atoms with E-state index < -0.39 is 23.3 Å². The van der Waals surface area contributed by atoms with Crippen molar-refractivity contribution in [2.24, 2.45) is 0 Å². The number of hydrogen-bond acceptors (Lipinski definition) is 4. The Morgan fingerprint density at radius 1 is 1.24 bits per heavy atom. The van der Waals surface area contributed by atoms with E-state index in [-0.39, 0.29) is 13.2 Å². The lowest BCUT2D eigenvalue weighted by atomic mass is 10.0. The standard InChI is InChI=1S/C14H18N2O5/c1-14(9-21-2,13(19)20)16-11(17)8-15-12(18)10-6-4-3-5-7-10/h3-7H,8-9H2,1-2H3,(H,15,18)(H,16,17)(H,19,20).